The minimum Gasteiger partial charge on any atom is -0.204 e. The van der Waals surface area contributed by atoms with E-state index in [1.54, 1.807) is 0 Å². The first-order valence-electron chi connectivity index (χ1n) is 11.7. The predicted octanol–water partition coefficient (Wildman–Crippen LogP) is 7.81. The molecule has 0 atom stereocenters. The first kappa shape index (κ1) is 23.3. The molecule has 2 nitrogen and oxygen atoms in total. The summed E-state index contributed by atoms with van der Waals surface area (Å²) in [5.41, 5.74) is 2.59. The van der Waals surface area contributed by atoms with E-state index in [4.69, 9.17) is 0 Å². The van der Waals surface area contributed by atoms with Gasteiger partial charge in [-0.3, -0.25) is 0 Å². The smallest absolute Gasteiger partial charge is 0.159 e. The summed E-state index contributed by atoms with van der Waals surface area (Å²) in [5, 5.41) is 8.83. The quantitative estimate of drug-likeness (QED) is 0.290. The highest BCUT2D eigenvalue weighted by Gasteiger charge is 2.29. The van der Waals surface area contributed by atoms with Crippen LogP contribution in [0.15, 0.2) is 58.7 Å². The lowest BCUT2D eigenvalue weighted by atomic mass is 9.71. The monoisotopic (exact) mass is 424 g/mol. The molecule has 2 aromatic rings. The van der Waals surface area contributed by atoms with E-state index >= 15 is 0 Å². The molecule has 0 radical (unpaired) electrons. The molecule has 1 fully saturated rings. The molecule has 1 aliphatic rings. The fourth-order valence-corrected chi connectivity index (χ4v) is 4.96. The molecule has 0 amide bonds. The normalized spacial score (nSPS) is 20.0. The molecule has 0 saturated heterocycles. The third kappa shape index (κ3) is 6.56. The second-order valence-electron chi connectivity index (χ2n) is 8.72. The van der Waals surface area contributed by atoms with Crippen LogP contribution < -0.4 is 0 Å². The Labute approximate surface area is 185 Å². The minimum absolute atomic E-state index is 0.379. The van der Waals surface area contributed by atoms with E-state index < -0.39 is 11.6 Å². The Morgan fingerprint density at radius 1 is 0.935 bits per heavy atom. The maximum absolute atomic E-state index is 13.5. The van der Waals surface area contributed by atoms with Crippen molar-refractivity contribution in [3.63, 3.8) is 0 Å². The van der Waals surface area contributed by atoms with Crippen LogP contribution in [0.5, 0.6) is 0 Å². The first-order chi connectivity index (χ1) is 15.1. The van der Waals surface area contributed by atoms with Crippen LogP contribution >= 0.6 is 0 Å². The molecule has 0 aliphatic heterocycles. The average Bonchev–Trinajstić information content (AvgIpc) is 2.80. The van der Waals surface area contributed by atoms with E-state index in [0.29, 0.717) is 11.5 Å². The minimum atomic E-state index is -0.872. The zero-order valence-corrected chi connectivity index (χ0v) is 18.7. The summed E-state index contributed by atoms with van der Waals surface area (Å²) in [6, 6.07) is 14.0. The lowest BCUT2D eigenvalue weighted by Crippen LogP contribution is -2.26. The second-order valence-corrected chi connectivity index (χ2v) is 8.72. The summed E-state index contributed by atoms with van der Waals surface area (Å²) in [6.07, 6.45) is 11.4. The summed E-state index contributed by atoms with van der Waals surface area (Å²) in [5.74, 6) is 0.318. The molecule has 0 unspecified atom stereocenters. The molecule has 0 N–H and O–H groups in total. The molecule has 31 heavy (non-hydrogen) atoms. The number of halogens is 2. The third-order valence-corrected chi connectivity index (χ3v) is 6.53. The Morgan fingerprint density at radius 2 is 1.61 bits per heavy atom. The number of hydrogen-bond acceptors (Lipinski definition) is 2. The van der Waals surface area contributed by atoms with Crippen molar-refractivity contribution in [3.05, 3.63) is 71.3 Å². The summed E-state index contributed by atoms with van der Waals surface area (Å²) in [6.45, 7) is 4.58. The second kappa shape index (κ2) is 11.9. The fraction of sp³-hybridized carbons (Fsp3) is 0.481. The summed E-state index contributed by atoms with van der Waals surface area (Å²) < 4.78 is 26.6. The molecule has 0 bridgehead atoms. The van der Waals surface area contributed by atoms with Crippen molar-refractivity contribution < 1.29 is 8.78 Å². The lowest BCUT2D eigenvalue weighted by Gasteiger charge is -2.34. The number of hydrogen-bond donors (Lipinski definition) is 0. The van der Waals surface area contributed by atoms with Crippen LogP contribution in [-0.2, 0) is 0 Å². The van der Waals surface area contributed by atoms with E-state index in [0.717, 1.165) is 48.1 Å². The van der Waals surface area contributed by atoms with Gasteiger partial charge in [0.25, 0.3) is 0 Å². The van der Waals surface area contributed by atoms with Gasteiger partial charge in [0.05, 0.1) is 11.9 Å². The molecule has 1 saturated carbocycles. The van der Waals surface area contributed by atoms with Crippen molar-refractivity contribution in [2.75, 3.05) is 0 Å². The van der Waals surface area contributed by atoms with Gasteiger partial charge in [0.2, 0.25) is 0 Å². The largest absolute Gasteiger partial charge is 0.204 e. The van der Waals surface area contributed by atoms with Crippen molar-refractivity contribution >= 4 is 11.9 Å². The molecular formula is C27H34F2N2. The maximum atomic E-state index is 13.5. The highest BCUT2D eigenvalue weighted by Crippen LogP contribution is 2.38. The van der Waals surface area contributed by atoms with Gasteiger partial charge in [0.15, 0.2) is 11.6 Å². The molecule has 0 heterocycles. The molecular weight excluding hydrogens is 390 g/mol. The highest BCUT2D eigenvalue weighted by atomic mass is 19.2. The van der Waals surface area contributed by atoms with Crippen LogP contribution in [-0.4, -0.2) is 11.9 Å². The van der Waals surface area contributed by atoms with Crippen molar-refractivity contribution in [3.8, 4) is 0 Å². The van der Waals surface area contributed by atoms with Crippen LogP contribution in [0, 0.1) is 29.4 Å². The predicted molar refractivity (Wildman–Crippen MR) is 126 cm³/mol. The van der Waals surface area contributed by atoms with Gasteiger partial charge >= 0.3 is 0 Å². The maximum Gasteiger partial charge on any atom is 0.159 e. The summed E-state index contributed by atoms with van der Waals surface area (Å²) >= 11 is 0. The molecule has 166 valence electrons. The SMILES string of the molecule is CCCC(CCC)[C@H]1CC[C@H](C(=NN=Cc2ccc(F)c(F)c2)c2ccccc2)CC1. The van der Waals surface area contributed by atoms with Gasteiger partial charge in [-0.05, 0) is 60.8 Å². The Hall–Kier alpha value is -2.36. The standard InChI is InChI=1S/C27H34F2N2/c1-3-8-21(9-4-2)22-13-15-24(16-14-22)27(23-10-6-5-7-11-23)31-30-19-20-12-17-25(28)26(29)18-20/h5-7,10-12,17-19,21-22,24H,3-4,8-9,13-16H2,1-2H3/t22-,24-. The van der Waals surface area contributed by atoms with Crippen molar-refractivity contribution in [1.82, 2.24) is 0 Å². The van der Waals surface area contributed by atoms with E-state index in [1.165, 1.54) is 50.8 Å². The van der Waals surface area contributed by atoms with Gasteiger partial charge in [0, 0.05) is 5.92 Å². The Kier molecular flexibility index (Phi) is 8.93. The fourth-order valence-electron chi connectivity index (χ4n) is 4.96. The third-order valence-electron chi connectivity index (χ3n) is 6.53. The Bertz CT molecular complexity index is 862. The molecule has 0 aromatic heterocycles. The van der Waals surface area contributed by atoms with Gasteiger partial charge < -0.3 is 0 Å². The van der Waals surface area contributed by atoms with Crippen molar-refractivity contribution in [1.29, 1.82) is 0 Å². The summed E-state index contributed by atoms with van der Waals surface area (Å²) in [7, 11) is 0. The number of benzene rings is 2. The molecule has 0 spiro atoms. The van der Waals surface area contributed by atoms with Crippen LogP contribution in [0.2, 0.25) is 0 Å². The molecule has 3 rings (SSSR count). The van der Waals surface area contributed by atoms with Gasteiger partial charge in [-0.1, -0.05) is 75.9 Å². The van der Waals surface area contributed by atoms with Crippen LogP contribution in [0.3, 0.4) is 0 Å². The van der Waals surface area contributed by atoms with E-state index in [1.807, 2.05) is 18.2 Å². The van der Waals surface area contributed by atoms with Gasteiger partial charge in [-0.25, -0.2) is 8.78 Å². The summed E-state index contributed by atoms with van der Waals surface area (Å²) in [4.78, 5) is 0. The average molecular weight is 425 g/mol. The Balaban J connectivity index is 1.75. The van der Waals surface area contributed by atoms with E-state index in [-0.39, 0.29) is 0 Å². The zero-order valence-electron chi connectivity index (χ0n) is 18.7. The van der Waals surface area contributed by atoms with Crippen LogP contribution in [0.1, 0.15) is 76.3 Å². The van der Waals surface area contributed by atoms with E-state index in [2.05, 4.69) is 36.2 Å². The van der Waals surface area contributed by atoms with Crippen molar-refractivity contribution in [2.24, 2.45) is 28.0 Å². The van der Waals surface area contributed by atoms with E-state index in [9.17, 15) is 8.78 Å². The first-order valence-corrected chi connectivity index (χ1v) is 11.7. The number of nitrogens with zero attached hydrogens (tertiary/aromatic N) is 2. The zero-order chi connectivity index (χ0) is 22.1. The Morgan fingerprint density at radius 3 is 2.23 bits per heavy atom. The van der Waals surface area contributed by atoms with Gasteiger partial charge in [-0.2, -0.15) is 10.2 Å². The number of rotatable bonds is 9. The molecule has 1 aliphatic carbocycles. The van der Waals surface area contributed by atoms with Crippen LogP contribution in [0.4, 0.5) is 8.78 Å². The topological polar surface area (TPSA) is 24.7 Å². The van der Waals surface area contributed by atoms with Gasteiger partial charge in [0.1, 0.15) is 0 Å². The lowest BCUT2D eigenvalue weighted by molar-refractivity contribution is 0.206. The van der Waals surface area contributed by atoms with Gasteiger partial charge in [-0.15, -0.1) is 0 Å². The molecule has 4 heteroatoms. The molecule has 2 aromatic carbocycles. The van der Waals surface area contributed by atoms with Crippen molar-refractivity contribution in [2.45, 2.75) is 65.2 Å². The highest BCUT2D eigenvalue weighted by molar-refractivity contribution is 6.02. The van der Waals surface area contributed by atoms with Crippen LogP contribution in [0.25, 0.3) is 0 Å².